The molecule has 9 heteroatoms. The second-order valence-electron chi connectivity index (χ2n) is 5.34. The monoisotopic (exact) mass is 338 g/mol. The first-order valence-corrected chi connectivity index (χ1v) is 7.26. The van der Waals surface area contributed by atoms with Crippen molar-refractivity contribution in [2.45, 2.75) is 19.3 Å². The van der Waals surface area contributed by atoms with E-state index in [9.17, 15) is 13.6 Å². The Bertz CT molecular complexity index is 788. The summed E-state index contributed by atoms with van der Waals surface area (Å²) in [5.74, 6) is 0.136. The van der Waals surface area contributed by atoms with E-state index in [4.69, 9.17) is 9.15 Å². The van der Waals surface area contributed by atoms with Crippen LogP contribution in [0.3, 0.4) is 0 Å². The van der Waals surface area contributed by atoms with E-state index in [2.05, 4.69) is 14.5 Å². The first-order valence-electron chi connectivity index (χ1n) is 7.26. The van der Waals surface area contributed by atoms with Gasteiger partial charge in [0.25, 0.3) is 5.91 Å². The van der Waals surface area contributed by atoms with E-state index in [-0.39, 0.29) is 41.3 Å². The van der Waals surface area contributed by atoms with Crippen LogP contribution in [-0.2, 0) is 6.61 Å². The van der Waals surface area contributed by atoms with Gasteiger partial charge in [0.05, 0.1) is 0 Å². The minimum absolute atomic E-state index is 0.0523. The Balaban J connectivity index is 1.39. The van der Waals surface area contributed by atoms with E-state index in [1.807, 2.05) is 0 Å². The Morgan fingerprint density at radius 2 is 2.08 bits per heavy atom. The summed E-state index contributed by atoms with van der Waals surface area (Å²) in [6, 6.07) is 4.06. The molecule has 0 spiro atoms. The molecule has 0 atom stereocenters. The number of oxazole rings is 1. The van der Waals surface area contributed by atoms with Crippen molar-refractivity contribution in [2.75, 3.05) is 13.1 Å². The molecule has 7 nitrogen and oxygen atoms in total. The van der Waals surface area contributed by atoms with Crippen LogP contribution in [0.2, 0.25) is 0 Å². The summed E-state index contributed by atoms with van der Waals surface area (Å²) in [6.45, 7) is 1.39. The molecule has 126 valence electrons. The highest BCUT2D eigenvalue weighted by atomic mass is 19.3. The van der Waals surface area contributed by atoms with Gasteiger partial charge in [-0.05, 0) is 18.6 Å². The predicted molar refractivity (Wildman–Crippen MR) is 74.0 cm³/mol. The van der Waals surface area contributed by atoms with E-state index in [1.165, 1.54) is 24.5 Å². The molecule has 1 aromatic heterocycles. The third-order valence-corrected chi connectivity index (χ3v) is 3.65. The maximum absolute atomic E-state index is 13.0. The van der Waals surface area contributed by atoms with Crippen LogP contribution in [0.1, 0.15) is 22.8 Å². The van der Waals surface area contributed by atoms with Crippen molar-refractivity contribution in [2.24, 2.45) is 0 Å². The van der Waals surface area contributed by atoms with Gasteiger partial charge in [0.1, 0.15) is 12.0 Å². The van der Waals surface area contributed by atoms with Crippen LogP contribution in [0.5, 0.6) is 17.2 Å². The van der Waals surface area contributed by atoms with Gasteiger partial charge in [-0.25, -0.2) is 4.98 Å². The Morgan fingerprint density at radius 3 is 2.83 bits per heavy atom. The lowest BCUT2D eigenvalue weighted by atomic mass is 10.2. The van der Waals surface area contributed by atoms with Crippen LogP contribution in [0, 0.1) is 0 Å². The van der Waals surface area contributed by atoms with Crippen molar-refractivity contribution in [1.82, 2.24) is 9.88 Å². The molecule has 0 N–H and O–H groups in total. The molecule has 2 aliphatic heterocycles. The minimum atomic E-state index is -3.67. The summed E-state index contributed by atoms with van der Waals surface area (Å²) in [5, 5.41) is 0. The van der Waals surface area contributed by atoms with Gasteiger partial charge in [-0.3, -0.25) is 4.79 Å². The Morgan fingerprint density at radius 1 is 1.29 bits per heavy atom. The molecule has 4 rings (SSSR count). The topological polar surface area (TPSA) is 74.0 Å². The number of amides is 1. The van der Waals surface area contributed by atoms with Crippen molar-refractivity contribution in [3.05, 3.63) is 36.0 Å². The molecule has 0 unspecified atom stereocenters. The van der Waals surface area contributed by atoms with Gasteiger partial charge in [-0.1, -0.05) is 0 Å². The summed E-state index contributed by atoms with van der Waals surface area (Å²) in [5.41, 5.74) is 0.221. The number of nitrogens with zero attached hydrogens (tertiary/aromatic N) is 2. The van der Waals surface area contributed by atoms with Gasteiger partial charge in [-0.15, -0.1) is 8.78 Å². The minimum Gasteiger partial charge on any atom is -0.484 e. The molecule has 0 saturated carbocycles. The third kappa shape index (κ3) is 2.72. The SMILES string of the molecule is O=C(c1coc(COc2ccc3c(c2)OC(F)(F)O3)n1)N1CCC1. The Labute approximate surface area is 134 Å². The number of carbonyl (C=O) groups excluding carboxylic acids is 1. The van der Waals surface area contributed by atoms with Gasteiger partial charge in [0.15, 0.2) is 23.8 Å². The molecule has 0 bridgehead atoms. The average molecular weight is 338 g/mol. The van der Waals surface area contributed by atoms with Crippen LogP contribution in [-0.4, -0.2) is 35.2 Å². The number of hydrogen-bond donors (Lipinski definition) is 0. The number of ether oxygens (including phenoxy) is 3. The molecule has 2 aliphatic rings. The quantitative estimate of drug-likeness (QED) is 0.852. The molecule has 24 heavy (non-hydrogen) atoms. The number of benzene rings is 1. The molecule has 3 heterocycles. The number of rotatable bonds is 4. The average Bonchev–Trinajstić information content (AvgIpc) is 3.05. The maximum atomic E-state index is 13.0. The summed E-state index contributed by atoms with van der Waals surface area (Å²) < 4.78 is 45.2. The fourth-order valence-electron chi connectivity index (χ4n) is 2.32. The molecule has 2 aromatic rings. The van der Waals surface area contributed by atoms with E-state index >= 15 is 0 Å². The number of likely N-dealkylation sites (tertiary alicyclic amines) is 1. The van der Waals surface area contributed by atoms with Crippen molar-refractivity contribution in [3.8, 4) is 17.2 Å². The van der Waals surface area contributed by atoms with Gasteiger partial charge in [0.2, 0.25) is 5.89 Å². The highest BCUT2D eigenvalue weighted by Gasteiger charge is 2.43. The van der Waals surface area contributed by atoms with Gasteiger partial charge >= 0.3 is 6.29 Å². The number of hydrogen-bond acceptors (Lipinski definition) is 6. The normalized spacial score (nSPS) is 17.5. The van der Waals surface area contributed by atoms with Gasteiger partial charge < -0.3 is 23.5 Å². The lowest BCUT2D eigenvalue weighted by Crippen LogP contribution is -2.42. The van der Waals surface area contributed by atoms with Crippen molar-refractivity contribution >= 4 is 5.91 Å². The molecular formula is C15H12F2N2O5. The molecule has 1 saturated heterocycles. The van der Waals surface area contributed by atoms with E-state index in [0.717, 1.165) is 19.5 Å². The van der Waals surface area contributed by atoms with Crippen molar-refractivity contribution < 1.29 is 32.2 Å². The first-order chi connectivity index (χ1) is 11.5. The maximum Gasteiger partial charge on any atom is 0.586 e. The summed E-state index contributed by atoms with van der Waals surface area (Å²) >= 11 is 0. The summed E-state index contributed by atoms with van der Waals surface area (Å²) in [4.78, 5) is 17.7. The smallest absolute Gasteiger partial charge is 0.484 e. The van der Waals surface area contributed by atoms with Crippen LogP contribution < -0.4 is 14.2 Å². The van der Waals surface area contributed by atoms with Crippen LogP contribution in [0.4, 0.5) is 8.78 Å². The molecule has 1 amide bonds. The second kappa shape index (κ2) is 5.36. The van der Waals surface area contributed by atoms with E-state index < -0.39 is 6.29 Å². The predicted octanol–water partition coefficient (Wildman–Crippen LogP) is 2.42. The zero-order valence-electron chi connectivity index (χ0n) is 12.3. The molecule has 1 aromatic carbocycles. The number of halogens is 2. The van der Waals surface area contributed by atoms with Crippen molar-refractivity contribution in [3.63, 3.8) is 0 Å². The third-order valence-electron chi connectivity index (χ3n) is 3.65. The molecule has 0 radical (unpaired) electrons. The highest BCUT2D eigenvalue weighted by molar-refractivity contribution is 5.92. The summed E-state index contributed by atoms with van der Waals surface area (Å²) in [6.07, 6.45) is -1.40. The Hall–Kier alpha value is -2.84. The van der Waals surface area contributed by atoms with Gasteiger partial charge in [-0.2, -0.15) is 0 Å². The Kier molecular flexibility index (Phi) is 3.29. The zero-order chi connectivity index (χ0) is 16.7. The van der Waals surface area contributed by atoms with E-state index in [1.54, 1.807) is 4.90 Å². The number of fused-ring (bicyclic) bond motifs is 1. The van der Waals surface area contributed by atoms with Crippen molar-refractivity contribution in [1.29, 1.82) is 0 Å². The first kappa shape index (κ1) is 14.7. The van der Waals surface area contributed by atoms with Gasteiger partial charge in [0, 0.05) is 19.2 Å². The number of carbonyl (C=O) groups is 1. The number of alkyl halides is 2. The fraction of sp³-hybridized carbons (Fsp3) is 0.333. The second-order valence-corrected chi connectivity index (χ2v) is 5.34. The summed E-state index contributed by atoms with van der Waals surface area (Å²) in [7, 11) is 0. The fourth-order valence-corrected chi connectivity index (χ4v) is 2.32. The highest BCUT2D eigenvalue weighted by Crippen LogP contribution is 2.42. The lowest BCUT2D eigenvalue weighted by Gasteiger charge is -2.29. The largest absolute Gasteiger partial charge is 0.586 e. The zero-order valence-corrected chi connectivity index (χ0v) is 12.3. The van der Waals surface area contributed by atoms with Crippen LogP contribution in [0.15, 0.2) is 28.9 Å². The van der Waals surface area contributed by atoms with E-state index in [0.29, 0.717) is 0 Å². The lowest BCUT2D eigenvalue weighted by molar-refractivity contribution is -0.286. The standard InChI is InChI=1S/C15H12F2N2O5/c16-15(17)23-11-3-2-9(6-12(11)24-15)21-8-13-18-10(7-22-13)14(20)19-4-1-5-19/h2-3,6-7H,1,4-5,8H2. The number of aromatic nitrogens is 1. The molecular weight excluding hydrogens is 326 g/mol. The molecule has 1 fully saturated rings. The van der Waals surface area contributed by atoms with Crippen LogP contribution >= 0.6 is 0 Å². The van der Waals surface area contributed by atoms with Crippen LogP contribution in [0.25, 0.3) is 0 Å². The molecule has 0 aliphatic carbocycles.